The second-order valence-electron chi connectivity index (χ2n) is 14.5. The number of hydrogen-bond donors (Lipinski definition) is 2. The highest BCUT2D eigenvalue weighted by Crippen LogP contribution is 2.48. The van der Waals surface area contributed by atoms with E-state index in [9.17, 15) is 38.7 Å². The lowest BCUT2D eigenvalue weighted by molar-refractivity contribution is -0.164. The molecule has 1 amide bonds. The number of methoxy groups -OCH3 is 1. The topological polar surface area (TPSA) is 207 Å². The highest BCUT2D eigenvalue weighted by atomic mass is 16.7. The number of Topliss-reactive ketones (excluding diaryl/α,β-unsaturated/α-hetero) is 2. The number of nitrogens with one attached hydrogen (secondary N) is 1. The number of carbonyl (C=O) groups is 7. The summed E-state index contributed by atoms with van der Waals surface area (Å²) in [6, 6.07) is 0. The van der Waals surface area contributed by atoms with Gasteiger partial charge in [-0.2, -0.15) is 0 Å². The van der Waals surface area contributed by atoms with Crippen LogP contribution in [0, 0.1) is 30.6 Å². The number of amides is 1. The molecule has 9 unspecified atom stereocenters. The Hall–Kier alpha value is -5.41. The molecule has 0 aromatic heterocycles. The summed E-state index contributed by atoms with van der Waals surface area (Å²) in [7, 11) is 1.41. The van der Waals surface area contributed by atoms with E-state index in [0.29, 0.717) is 0 Å². The molecule has 302 valence electrons. The van der Waals surface area contributed by atoms with Gasteiger partial charge in [0.2, 0.25) is 5.78 Å². The van der Waals surface area contributed by atoms with Gasteiger partial charge in [0.25, 0.3) is 11.7 Å². The molecule has 0 spiro atoms. The molecular formula is C41H49NO14. The Morgan fingerprint density at radius 1 is 0.839 bits per heavy atom. The summed E-state index contributed by atoms with van der Waals surface area (Å²) in [6.07, 6.45) is 4.32. The van der Waals surface area contributed by atoms with E-state index in [1.54, 1.807) is 39.8 Å². The van der Waals surface area contributed by atoms with Crippen molar-refractivity contribution >= 4 is 41.2 Å². The summed E-state index contributed by atoms with van der Waals surface area (Å²) >= 11 is 0. The predicted octanol–water partition coefficient (Wildman–Crippen LogP) is 4.42. The molecule has 15 heteroatoms. The monoisotopic (exact) mass is 779 g/mol. The third kappa shape index (κ3) is 8.68. The molecular weight excluding hydrogens is 730 g/mol. The van der Waals surface area contributed by atoms with Crippen LogP contribution < -0.4 is 14.8 Å². The first kappa shape index (κ1) is 43.3. The number of benzene rings is 1. The summed E-state index contributed by atoms with van der Waals surface area (Å²) in [5.74, 6) is -10.5. The van der Waals surface area contributed by atoms with Crippen LogP contribution >= 0.6 is 0 Å². The predicted molar refractivity (Wildman–Crippen MR) is 198 cm³/mol. The first-order valence-corrected chi connectivity index (χ1v) is 18.1. The van der Waals surface area contributed by atoms with Crippen molar-refractivity contribution in [2.24, 2.45) is 23.7 Å². The number of carbonyl (C=O) groups excluding carboxylic acids is 7. The van der Waals surface area contributed by atoms with Crippen molar-refractivity contribution in [2.45, 2.75) is 99.4 Å². The van der Waals surface area contributed by atoms with Gasteiger partial charge in [-0.3, -0.25) is 33.6 Å². The second-order valence-corrected chi connectivity index (χ2v) is 14.5. The van der Waals surface area contributed by atoms with Gasteiger partial charge in [-0.15, -0.1) is 0 Å². The standard InChI is InChI=1S/C41H49NO14/c1-18-13-12-14-19(2)40(50)42-27-17-28(46)30-31(34(27)48)37(55-26(9)45)23(6)38-32(30)39(49)41(10,56-38)52-16-15-29(51-11)20(3)36(54-25(8)44)22(5)33(47)21(4)35(18)53-24(7)43/h12-18,20-22,29,33,35-36,47H,1-11H3,(H,42,50)/b13-12+,16-15+,19-14-. The van der Waals surface area contributed by atoms with Crippen molar-refractivity contribution in [1.82, 2.24) is 5.32 Å². The van der Waals surface area contributed by atoms with Crippen LogP contribution in [0.4, 0.5) is 0 Å². The fraction of sp³-hybridized carbons (Fsp3) is 0.488. The lowest BCUT2D eigenvalue weighted by Crippen LogP contribution is -2.47. The van der Waals surface area contributed by atoms with E-state index in [2.05, 4.69) is 5.32 Å². The number of hydrogen-bond acceptors (Lipinski definition) is 14. The van der Waals surface area contributed by atoms with Crippen molar-refractivity contribution in [3.8, 4) is 11.5 Å². The first-order chi connectivity index (χ1) is 26.1. The van der Waals surface area contributed by atoms with Crippen LogP contribution in [-0.2, 0) is 38.1 Å². The summed E-state index contributed by atoms with van der Waals surface area (Å²) in [4.78, 5) is 92.2. The van der Waals surface area contributed by atoms with E-state index < -0.39 is 106 Å². The van der Waals surface area contributed by atoms with E-state index in [0.717, 1.165) is 19.3 Å². The van der Waals surface area contributed by atoms with Crippen LogP contribution in [-0.4, -0.2) is 83.6 Å². The van der Waals surface area contributed by atoms with Crippen LogP contribution in [0.15, 0.2) is 47.9 Å². The zero-order valence-electron chi connectivity index (χ0n) is 33.3. The number of aliphatic hydroxyl groups is 1. The Morgan fingerprint density at radius 3 is 2.04 bits per heavy atom. The Balaban J connectivity index is 1.90. The van der Waals surface area contributed by atoms with Crippen molar-refractivity contribution in [3.05, 3.63) is 70.2 Å². The summed E-state index contributed by atoms with van der Waals surface area (Å²) in [6.45, 7) is 14.7. The minimum Gasteiger partial charge on any atom is -0.462 e. The molecule has 1 aliphatic carbocycles. The van der Waals surface area contributed by atoms with Crippen LogP contribution in [0.5, 0.6) is 11.5 Å². The van der Waals surface area contributed by atoms with E-state index in [1.807, 2.05) is 0 Å². The summed E-state index contributed by atoms with van der Waals surface area (Å²) < 4.78 is 34.5. The molecule has 0 radical (unpaired) electrons. The summed E-state index contributed by atoms with van der Waals surface area (Å²) in [5.41, 5.74) is -1.33. The number of allylic oxidation sites excluding steroid dienone is 4. The zero-order chi connectivity index (χ0) is 42.0. The SMILES string of the molecule is COC1/C=C/OC2(C)Oc3c(C)c(OC(C)=O)c4c(c3C2=O)C(=O)C=C(NC(=O)/C(C)=C\C=C\C(C)C(OC(C)=O)C(C)C(O)C(C)C(OC(C)=O)C1C)C4=O. The van der Waals surface area contributed by atoms with Gasteiger partial charge in [0.05, 0.1) is 40.9 Å². The van der Waals surface area contributed by atoms with E-state index in [4.69, 9.17) is 28.4 Å². The number of rotatable bonds is 4. The molecule has 5 rings (SSSR count). The highest BCUT2D eigenvalue weighted by Gasteiger charge is 2.52. The van der Waals surface area contributed by atoms with Crippen molar-refractivity contribution < 1.29 is 67.1 Å². The maximum absolute atomic E-state index is 14.1. The average Bonchev–Trinajstić information content (AvgIpc) is 3.38. The maximum Gasteiger partial charge on any atom is 0.312 e. The van der Waals surface area contributed by atoms with Crippen LogP contribution in [0.3, 0.4) is 0 Å². The largest absolute Gasteiger partial charge is 0.462 e. The Morgan fingerprint density at radius 2 is 1.45 bits per heavy atom. The van der Waals surface area contributed by atoms with Gasteiger partial charge >= 0.3 is 23.7 Å². The Kier molecular flexibility index (Phi) is 13.3. The minimum atomic E-state index is -2.09. The molecule has 1 aromatic rings. The smallest absolute Gasteiger partial charge is 0.312 e. The van der Waals surface area contributed by atoms with E-state index in [-0.39, 0.29) is 33.8 Å². The fourth-order valence-corrected chi connectivity index (χ4v) is 7.27. The van der Waals surface area contributed by atoms with E-state index in [1.165, 1.54) is 53.9 Å². The van der Waals surface area contributed by atoms with E-state index >= 15 is 0 Å². The van der Waals surface area contributed by atoms with Crippen LogP contribution in [0.25, 0.3) is 0 Å². The molecule has 0 fully saturated rings. The second kappa shape index (κ2) is 17.2. The first-order valence-electron chi connectivity index (χ1n) is 18.1. The van der Waals surface area contributed by atoms with Gasteiger partial charge in [0.15, 0.2) is 5.78 Å². The molecule has 4 aliphatic rings. The fourth-order valence-electron chi connectivity index (χ4n) is 7.27. The number of esters is 3. The normalized spacial score (nSPS) is 31.8. The van der Waals surface area contributed by atoms with Crippen LogP contribution in [0.1, 0.15) is 99.0 Å². The molecule has 0 saturated carbocycles. The molecule has 1 aromatic carbocycles. The molecule has 9 atom stereocenters. The molecule has 3 heterocycles. The molecule has 5 bridgehead atoms. The number of ether oxygens (including phenoxy) is 6. The minimum absolute atomic E-state index is 0.0506. The average molecular weight is 780 g/mol. The lowest BCUT2D eigenvalue weighted by atomic mass is 9.78. The third-order valence-corrected chi connectivity index (χ3v) is 10.3. The van der Waals surface area contributed by atoms with Crippen molar-refractivity contribution in [2.75, 3.05) is 7.11 Å². The van der Waals surface area contributed by atoms with Crippen molar-refractivity contribution in [3.63, 3.8) is 0 Å². The maximum atomic E-state index is 14.1. The highest BCUT2D eigenvalue weighted by molar-refractivity contribution is 6.31. The molecule has 2 N–H and O–H groups in total. The van der Waals surface area contributed by atoms with Gasteiger partial charge in [-0.05, 0) is 19.9 Å². The summed E-state index contributed by atoms with van der Waals surface area (Å²) in [5, 5.41) is 14.2. The van der Waals surface area contributed by atoms with Gasteiger partial charge in [-0.1, -0.05) is 45.9 Å². The number of ketones is 3. The Labute approximate surface area is 325 Å². The number of aliphatic hydroxyl groups excluding tert-OH is 1. The molecule has 15 nitrogen and oxygen atoms in total. The van der Waals surface area contributed by atoms with Gasteiger partial charge in [0, 0.05) is 75.7 Å². The van der Waals surface area contributed by atoms with Gasteiger partial charge < -0.3 is 38.8 Å². The number of fused-ring (bicyclic) bond motifs is 14. The van der Waals surface area contributed by atoms with Crippen molar-refractivity contribution in [1.29, 1.82) is 0 Å². The molecule has 3 aliphatic heterocycles. The molecule has 56 heavy (non-hydrogen) atoms. The van der Waals surface area contributed by atoms with Gasteiger partial charge in [-0.25, -0.2) is 0 Å². The quantitative estimate of drug-likeness (QED) is 0.321. The van der Waals surface area contributed by atoms with Crippen LogP contribution in [0.2, 0.25) is 0 Å². The lowest BCUT2D eigenvalue weighted by Gasteiger charge is -2.38. The molecule has 0 saturated heterocycles. The Bertz CT molecular complexity index is 1960. The third-order valence-electron chi connectivity index (χ3n) is 10.3. The van der Waals surface area contributed by atoms with Gasteiger partial charge in [0.1, 0.15) is 23.7 Å². The zero-order valence-corrected chi connectivity index (χ0v) is 33.3.